The highest BCUT2D eigenvalue weighted by Crippen LogP contribution is 2.22. The molecule has 4 aromatic rings. The zero-order valence-electron chi connectivity index (χ0n) is 45.3. The van der Waals surface area contributed by atoms with Crippen LogP contribution in [-0.2, 0) is 48.0 Å². The number of carboxylic acid groups (broad SMARTS) is 6. The van der Waals surface area contributed by atoms with Crippen molar-refractivity contribution in [2.45, 2.75) is 75.5 Å². The van der Waals surface area contributed by atoms with Crippen molar-refractivity contribution in [1.82, 2.24) is 55.9 Å². The van der Waals surface area contributed by atoms with Crippen molar-refractivity contribution in [3.05, 3.63) is 101 Å². The first-order valence-corrected chi connectivity index (χ1v) is 26.5. The molecule has 454 valence electrons. The maximum Gasteiger partial charge on any atom is 0.326 e. The van der Waals surface area contributed by atoms with Crippen molar-refractivity contribution in [1.29, 1.82) is 0 Å². The number of hydrogen-bond acceptors (Lipinski definition) is 14. The quantitative estimate of drug-likeness (QED) is 0.0422. The van der Waals surface area contributed by atoms with E-state index in [9.17, 15) is 82.4 Å². The maximum absolute atomic E-state index is 14.2. The van der Waals surface area contributed by atoms with Gasteiger partial charge in [0.2, 0.25) is 0 Å². The van der Waals surface area contributed by atoms with Gasteiger partial charge in [-0.2, -0.15) is 0 Å². The molecular formula is C53H62FN13O18. The van der Waals surface area contributed by atoms with Gasteiger partial charge < -0.3 is 82.1 Å². The van der Waals surface area contributed by atoms with Crippen molar-refractivity contribution in [2.24, 2.45) is 0 Å². The lowest BCUT2D eigenvalue weighted by Crippen LogP contribution is -2.52. The highest BCUT2D eigenvalue weighted by molar-refractivity contribution is 6.01. The van der Waals surface area contributed by atoms with E-state index >= 15 is 0 Å². The van der Waals surface area contributed by atoms with Gasteiger partial charge in [-0.05, 0) is 79.3 Å². The first-order valence-electron chi connectivity index (χ1n) is 26.5. The second-order valence-corrected chi connectivity index (χ2v) is 19.6. The number of nitrogens with zero attached hydrogens (tertiary/aromatic N) is 7. The minimum Gasteiger partial charge on any atom is -0.481 e. The predicted molar refractivity (Wildman–Crippen MR) is 292 cm³/mol. The molecule has 12 N–H and O–H groups in total. The van der Waals surface area contributed by atoms with Gasteiger partial charge in [0.25, 0.3) is 11.8 Å². The first-order chi connectivity index (χ1) is 40.5. The number of halogens is 1. The second kappa shape index (κ2) is 30.0. The number of aromatic nitrogens is 3. The second-order valence-electron chi connectivity index (χ2n) is 19.6. The summed E-state index contributed by atoms with van der Waals surface area (Å²) >= 11 is 0. The predicted octanol–water partition coefficient (Wildman–Crippen LogP) is 1.38. The normalized spacial score (nSPS) is 14.6. The molecule has 2 aliphatic rings. The lowest BCUT2D eigenvalue weighted by molar-refractivity contribution is -0.142. The van der Waals surface area contributed by atoms with Gasteiger partial charge >= 0.3 is 59.9 Å². The molecule has 1 aromatic heterocycles. The summed E-state index contributed by atoms with van der Waals surface area (Å²) in [7, 11) is 0. The molecule has 4 atom stereocenters. The van der Waals surface area contributed by atoms with Crippen molar-refractivity contribution >= 4 is 83.1 Å². The van der Waals surface area contributed by atoms with E-state index < -0.39 is 128 Å². The fourth-order valence-electron chi connectivity index (χ4n) is 8.86. The maximum atomic E-state index is 14.2. The number of carbonyl (C=O) groups is 12. The number of aliphatic carboxylic acids is 6. The largest absolute Gasteiger partial charge is 0.481 e. The molecule has 2 fully saturated rings. The Morgan fingerprint density at radius 3 is 1.21 bits per heavy atom. The highest BCUT2D eigenvalue weighted by atomic mass is 19.1. The molecule has 3 heterocycles. The lowest BCUT2D eigenvalue weighted by Gasteiger charge is -2.35. The van der Waals surface area contributed by atoms with Gasteiger partial charge in [0.15, 0.2) is 0 Å². The summed E-state index contributed by atoms with van der Waals surface area (Å²) in [6, 6.07) is 7.08. The van der Waals surface area contributed by atoms with Gasteiger partial charge in [-0.25, -0.2) is 43.0 Å². The number of urea groups is 4. The number of anilines is 2. The van der Waals surface area contributed by atoms with Crippen LogP contribution >= 0.6 is 0 Å². The van der Waals surface area contributed by atoms with Gasteiger partial charge in [0.05, 0.1) is 24.3 Å². The third kappa shape index (κ3) is 19.1. The van der Waals surface area contributed by atoms with E-state index in [1.54, 1.807) is 6.20 Å². The summed E-state index contributed by atoms with van der Waals surface area (Å²) in [5.74, 6) is -9.38. The molecule has 85 heavy (non-hydrogen) atoms. The van der Waals surface area contributed by atoms with Crippen LogP contribution < -0.4 is 31.9 Å². The average molecular weight is 1190 g/mol. The summed E-state index contributed by atoms with van der Waals surface area (Å²) in [5.41, 5.74) is 2.52. The number of hydrogen-bond donors (Lipinski definition) is 12. The van der Waals surface area contributed by atoms with Crippen LogP contribution in [0.15, 0.2) is 72.9 Å². The molecular weight excluding hydrogens is 1130 g/mol. The average Bonchev–Trinajstić information content (AvgIpc) is 4.12. The van der Waals surface area contributed by atoms with E-state index in [2.05, 4.69) is 42.2 Å². The Morgan fingerprint density at radius 2 is 0.859 bits per heavy atom. The fraction of sp³-hybridized carbons (Fsp3) is 0.396. The Hall–Kier alpha value is -10.4. The van der Waals surface area contributed by atoms with Crippen LogP contribution in [-0.4, -0.2) is 220 Å². The van der Waals surface area contributed by atoms with Gasteiger partial charge in [0, 0.05) is 101 Å². The molecule has 3 aromatic carbocycles. The first kappa shape index (κ1) is 63.7. The monoisotopic (exact) mass is 1190 g/mol. The Labute approximate surface area is 482 Å². The molecule has 10 amide bonds. The molecule has 2 unspecified atom stereocenters. The van der Waals surface area contributed by atoms with Crippen LogP contribution in [0, 0.1) is 0 Å². The van der Waals surface area contributed by atoms with Crippen molar-refractivity contribution in [3.63, 3.8) is 0 Å². The smallest absolute Gasteiger partial charge is 0.326 e. The van der Waals surface area contributed by atoms with Gasteiger partial charge in [-0.3, -0.25) is 23.6 Å². The number of alkyl halides is 1. The Balaban J connectivity index is 1.03. The number of benzene rings is 3. The van der Waals surface area contributed by atoms with E-state index in [-0.39, 0.29) is 89.2 Å². The summed E-state index contributed by atoms with van der Waals surface area (Å²) in [6.07, 6.45) is -0.410. The minimum atomic E-state index is -1.58. The number of carboxylic acids is 6. The van der Waals surface area contributed by atoms with Crippen LogP contribution in [0.3, 0.4) is 0 Å². The number of rotatable bonds is 26. The van der Waals surface area contributed by atoms with Crippen LogP contribution in [0.25, 0.3) is 5.69 Å². The van der Waals surface area contributed by atoms with Gasteiger partial charge in [-0.1, -0.05) is 29.5 Å². The zero-order chi connectivity index (χ0) is 61.9. The molecule has 0 aliphatic carbocycles. The summed E-state index contributed by atoms with van der Waals surface area (Å²) in [5, 5.41) is 78.1. The summed E-state index contributed by atoms with van der Waals surface area (Å²) < 4.78 is 14.4. The number of nitrogens with one attached hydrogen (secondary N) is 6. The van der Waals surface area contributed by atoms with E-state index in [1.807, 2.05) is 0 Å². The van der Waals surface area contributed by atoms with E-state index in [0.29, 0.717) is 33.9 Å². The number of amides is 10. The standard InChI is InChI=1S/C53H62FN13O18/c54-15-1-2-36-29-67(62-61-36)37-27-32(44(72)63-16-20-65(21-17-63)52(84)55-34-7-3-30(4-8-34)24-40(48(78)79)59-50(82)57-38(46(74)75)11-13-42(68)69)26-33(28-37)45(73)64-18-22-66(23-19-64)53(85)56-35-9-5-31(6-10-35)25-41(49(80)81)60-51(83)58-39(47(76)77)12-14-43(70)71/h3-10,26-29,38-41H,1-2,11-25H2,(H,55,84)(H,56,85)(H,68,69)(H,70,71)(H,74,75)(H,76,77)(H,78,79)(H,80,81)(H2,57,59,82)(H2,58,60,83)/t38?,39?,40-,41-/m0/s1. The van der Waals surface area contributed by atoms with Gasteiger partial charge in [-0.15, -0.1) is 5.10 Å². The lowest BCUT2D eigenvalue weighted by atomic mass is 10.1. The molecule has 32 heteroatoms. The number of piperazine rings is 2. The van der Waals surface area contributed by atoms with Crippen molar-refractivity contribution in [2.75, 3.05) is 69.7 Å². The molecule has 31 nitrogen and oxygen atoms in total. The number of aryl methyl sites for hydroxylation is 1. The van der Waals surface area contributed by atoms with E-state index in [1.165, 1.54) is 91.0 Å². The SMILES string of the molecule is O=C(O)CCC(NC(=O)N[C@@H](Cc1ccc(NC(=O)N2CCN(C(=O)c3cc(C(=O)N4CCN(C(=O)Nc5ccc(C[C@H](NC(=O)NC(CCC(=O)O)C(=O)O)C(=O)O)cc5)CC4)cc(-n4cc(CCCF)nn4)c3)CC2)cc1)C(=O)O)C(=O)O. The van der Waals surface area contributed by atoms with Crippen molar-refractivity contribution in [3.8, 4) is 5.69 Å². The molecule has 0 spiro atoms. The van der Waals surface area contributed by atoms with E-state index in [0.717, 1.165) is 0 Å². The third-order valence-electron chi connectivity index (χ3n) is 13.5. The Bertz CT molecular complexity index is 2950. The molecule has 0 saturated carbocycles. The molecule has 2 aliphatic heterocycles. The Kier molecular flexibility index (Phi) is 22.5. The summed E-state index contributed by atoms with van der Waals surface area (Å²) in [6.45, 7) is 0.192. The molecule has 2 saturated heterocycles. The van der Waals surface area contributed by atoms with Crippen LogP contribution in [0.5, 0.6) is 0 Å². The van der Waals surface area contributed by atoms with Crippen molar-refractivity contribution < 1.29 is 92.6 Å². The van der Waals surface area contributed by atoms with Crippen LogP contribution in [0.4, 0.5) is 34.9 Å². The molecule has 6 rings (SSSR count). The molecule has 0 bridgehead atoms. The number of carbonyl (C=O) groups excluding carboxylic acids is 6. The molecule has 0 radical (unpaired) electrons. The van der Waals surface area contributed by atoms with E-state index in [4.69, 9.17) is 10.2 Å². The fourth-order valence-corrected chi connectivity index (χ4v) is 8.86. The highest BCUT2D eigenvalue weighted by Gasteiger charge is 2.31. The topological polar surface area (TPSA) is 442 Å². The van der Waals surface area contributed by atoms with Crippen LogP contribution in [0.1, 0.15) is 69.6 Å². The zero-order valence-corrected chi connectivity index (χ0v) is 45.3. The third-order valence-corrected chi connectivity index (χ3v) is 13.5. The van der Waals surface area contributed by atoms with Gasteiger partial charge in [0.1, 0.15) is 24.2 Å². The Morgan fingerprint density at radius 1 is 0.494 bits per heavy atom. The van der Waals surface area contributed by atoms with Crippen LogP contribution in [0.2, 0.25) is 0 Å². The minimum absolute atomic E-state index is 0.0913. The summed E-state index contributed by atoms with van der Waals surface area (Å²) in [4.78, 5) is 155.